The van der Waals surface area contributed by atoms with E-state index in [1.807, 2.05) is 6.07 Å². The fourth-order valence-electron chi connectivity index (χ4n) is 1.44. The lowest BCUT2D eigenvalue weighted by Gasteiger charge is -1.98. The number of aromatic nitrogens is 2. The first-order valence-electron chi connectivity index (χ1n) is 3.99. The molecule has 5 heteroatoms. The number of nitriles is 1. The van der Waals surface area contributed by atoms with E-state index in [1.165, 1.54) is 10.8 Å². The Morgan fingerprint density at radius 1 is 1.64 bits per heavy atom. The fourth-order valence-corrected chi connectivity index (χ4v) is 1.44. The summed E-state index contributed by atoms with van der Waals surface area (Å²) in [5.74, 6) is 0. The summed E-state index contributed by atoms with van der Waals surface area (Å²) in [6.45, 7) is -0.276. The van der Waals surface area contributed by atoms with Crippen LogP contribution in [-0.2, 0) is 6.73 Å². The summed E-state index contributed by atoms with van der Waals surface area (Å²) in [6, 6.07) is 3.61. The first kappa shape index (κ1) is 8.53. The van der Waals surface area contributed by atoms with Gasteiger partial charge in [0.1, 0.15) is 18.3 Å². The summed E-state index contributed by atoms with van der Waals surface area (Å²) in [7, 11) is 0. The van der Waals surface area contributed by atoms with Crippen LogP contribution in [0.4, 0.5) is 0 Å². The molecular formula is C9H7N3O2. The predicted octanol–water partition coefficient (Wildman–Crippen LogP) is 0.151. The molecule has 0 saturated carbocycles. The molecule has 0 radical (unpaired) electrons. The van der Waals surface area contributed by atoms with Crippen LogP contribution in [0.1, 0.15) is 5.56 Å². The van der Waals surface area contributed by atoms with E-state index in [4.69, 9.17) is 10.4 Å². The molecule has 0 amide bonds. The number of aromatic amines is 1. The van der Waals surface area contributed by atoms with Crippen LogP contribution < -0.4 is 5.56 Å². The third-order valence-corrected chi connectivity index (χ3v) is 2.09. The number of nitrogens with one attached hydrogen (secondary N) is 1. The van der Waals surface area contributed by atoms with Gasteiger partial charge in [-0.15, -0.1) is 0 Å². The van der Waals surface area contributed by atoms with Gasteiger partial charge in [-0.05, 0) is 6.07 Å². The van der Waals surface area contributed by atoms with Gasteiger partial charge in [-0.3, -0.25) is 4.79 Å². The Bertz CT molecular complexity index is 574. The van der Waals surface area contributed by atoms with E-state index in [2.05, 4.69) is 4.98 Å². The van der Waals surface area contributed by atoms with Crippen molar-refractivity contribution in [1.82, 2.24) is 9.55 Å². The van der Waals surface area contributed by atoms with E-state index in [9.17, 15) is 4.79 Å². The van der Waals surface area contributed by atoms with Crippen molar-refractivity contribution in [2.75, 3.05) is 0 Å². The first-order valence-corrected chi connectivity index (χ1v) is 3.99. The maximum absolute atomic E-state index is 11.4. The number of hydrogen-bond acceptors (Lipinski definition) is 3. The van der Waals surface area contributed by atoms with Gasteiger partial charge in [0.15, 0.2) is 0 Å². The van der Waals surface area contributed by atoms with Gasteiger partial charge in [-0.1, -0.05) is 0 Å². The monoisotopic (exact) mass is 189 g/mol. The highest BCUT2D eigenvalue weighted by Gasteiger charge is 2.08. The number of aliphatic hydroxyl groups is 1. The SMILES string of the molecule is N#Cc1c[nH]c(=O)c2c1ccn2CO. The molecule has 0 aromatic carbocycles. The molecule has 2 aromatic rings. The molecule has 0 aliphatic heterocycles. The zero-order valence-electron chi connectivity index (χ0n) is 7.19. The van der Waals surface area contributed by atoms with Crippen molar-refractivity contribution in [2.45, 2.75) is 6.73 Å². The number of hydrogen-bond donors (Lipinski definition) is 2. The molecule has 0 aliphatic carbocycles. The number of aliphatic hydroxyl groups excluding tert-OH is 1. The third-order valence-electron chi connectivity index (χ3n) is 2.09. The van der Waals surface area contributed by atoms with Gasteiger partial charge >= 0.3 is 0 Å². The van der Waals surface area contributed by atoms with Crippen LogP contribution in [0, 0.1) is 11.3 Å². The molecule has 0 unspecified atom stereocenters. The highest BCUT2D eigenvalue weighted by Crippen LogP contribution is 2.14. The van der Waals surface area contributed by atoms with E-state index >= 15 is 0 Å². The number of fused-ring (bicyclic) bond motifs is 1. The second-order valence-corrected chi connectivity index (χ2v) is 2.83. The Morgan fingerprint density at radius 3 is 3.07 bits per heavy atom. The van der Waals surface area contributed by atoms with E-state index in [0.717, 1.165) is 0 Å². The van der Waals surface area contributed by atoms with Crippen LogP contribution in [0.2, 0.25) is 0 Å². The third kappa shape index (κ3) is 1.02. The van der Waals surface area contributed by atoms with Gasteiger partial charge in [0, 0.05) is 17.8 Å². The minimum absolute atomic E-state index is 0.276. The molecule has 2 rings (SSSR count). The summed E-state index contributed by atoms with van der Waals surface area (Å²) in [6.07, 6.45) is 2.94. The van der Waals surface area contributed by atoms with Crippen molar-refractivity contribution in [3.05, 3.63) is 34.4 Å². The largest absolute Gasteiger partial charge is 0.376 e. The Balaban J connectivity index is 2.96. The summed E-state index contributed by atoms with van der Waals surface area (Å²) >= 11 is 0. The predicted molar refractivity (Wildman–Crippen MR) is 49.5 cm³/mol. The van der Waals surface area contributed by atoms with Crippen LogP contribution in [-0.4, -0.2) is 14.7 Å². The van der Waals surface area contributed by atoms with Gasteiger partial charge < -0.3 is 14.7 Å². The smallest absolute Gasteiger partial charge is 0.272 e. The zero-order valence-corrected chi connectivity index (χ0v) is 7.19. The van der Waals surface area contributed by atoms with Gasteiger partial charge in [0.25, 0.3) is 5.56 Å². The molecule has 70 valence electrons. The van der Waals surface area contributed by atoms with Crippen LogP contribution in [0.25, 0.3) is 10.9 Å². The van der Waals surface area contributed by atoms with Gasteiger partial charge in [0.2, 0.25) is 0 Å². The highest BCUT2D eigenvalue weighted by atomic mass is 16.3. The lowest BCUT2D eigenvalue weighted by molar-refractivity contribution is 0.215. The molecule has 0 aliphatic rings. The molecule has 0 saturated heterocycles. The molecule has 14 heavy (non-hydrogen) atoms. The summed E-state index contributed by atoms with van der Waals surface area (Å²) in [4.78, 5) is 13.8. The molecular weight excluding hydrogens is 182 g/mol. The molecule has 0 atom stereocenters. The minimum atomic E-state index is -0.307. The normalized spacial score (nSPS) is 10.3. The van der Waals surface area contributed by atoms with Crippen molar-refractivity contribution in [3.8, 4) is 6.07 Å². The van der Waals surface area contributed by atoms with E-state index in [-0.39, 0.29) is 12.3 Å². The Labute approximate surface area is 78.8 Å². The quantitative estimate of drug-likeness (QED) is 0.670. The second-order valence-electron chi connectivity index (χ2n) is 2.83. The fraction of sp³-hybridized carbons (Fsp3) is 0.111. The summed E-state index contributed by atoms with van der Waals surface area (Å²) in [5.41, 5.74) is 0.413. The summed E-state index contributed by atoms with van der Waals surface area (Å²) in [5, 5.41) is 18.3. The van der Waals surface area contributed by atoms with Crippen molar-refractivity contribution in [1.29, 1.82) is 5.26 Å². The van der Waals surface area contributed by atoms with Gasteiger partial charge in [-0.25, -0.2) is 0 Å². The van der Waals surface area contributed by atoms with Crippen LogP contribution in [0.5, 0.6) is 0 Å². The van der Waals surface area contributed by atoms with Crippen molar-refractivity contribution < 1.29 is 5.11 Å². The number of rotatable bonds is 1. The lowest BCUT2D eigenvalue weighted by Crippen LogP contribution is -2.10. The van der Waals surface area contributed by atoms with Crippen LogP contribution in [0.15, 0.2) is 23.3 Å². The first-order chi connectivity index (χ1) is 6.77. The maximum Gasteiger partial charge on any atom is 0.272 e. The molecule has 0 fully saturated rings. The second kappa shape index (κ2) is 3.01. The molecule has 5 nitrogen and oxygen atoms in total. The van der Waals surface area contributed by atoms with E-state index in [0.29, 0.717) is 16.5 Å². The van der Waals surface area contributed by atoms with Crippen LogP contribution in [0.3, 0.4) is 0 Å². The van der Waals surface area contributed by atoms with E-state index < -0.39 is 0 Å². The Hall–Kier alpha value is -2.06. The van der Waals surface area contributed by atoms with Crippen molar-refractivity contribution in [2.24, 2.45) is 0 Å². The zero-order chi connectivity index (χ0) is 10.1. The average Bonchev–Trinajstić information content (AvgIpc) is 2.63. The summed E-state index contributed by atoms with van der Waals surface area (Å²) < 4.78 is 1.38. The average molecular weight is 189 g/mol. The van der Waals surface area contributed by atoms with Crippen molar-refractivity contribution >= 4 is 10.9 Å². The minimum Gasteiger partial charge on any atom is -0.376 e. The van der Waals surface area contributed by atoms with Gasteiger partial charge in [0.05, 0.1) is 5.56 Å². The molecule has 2 N–H and O–H groups in total. The Kier molecular flexibility index (Phi) is 1.84. The molecule has 0 spiro atoms. The maximum atomic E-state index is 11.4. The van der Waals surface area contributed by atoms with Gasteiger partial charge in [-0.2, -0.15) is 5.26 Å². The van der Waals surface area contributed by atoms with Crippen LogP contribution >= 0.6 is 0 Å². The van der Waals surface area contributed by atoms with Crippen molar-refractivity contribution in [3.63, 3.8) is 0 Å². The number of H-pyrrole nitrogens is 1. The molecule has 0 bridgehead atoms. The molecule has 2 heterocycles. The van der Waals surface area contributed by atoms with E-state index in [1.54, 1.807) is 12.3 Å². The lowest BCUT2D eigenvalue weighted by atomic mass is 10.2. The number of pyridine rings is 1. The highest BCUT2D eigenvalue weighted by molar-refractivity contribution is 5.84. The molecule has 2 aromatic heterocycles. The topological polar surface area (TPSA) is 81.8 Å². The standard InChI is InChI=1S/C9H7N3O2/c10-3-6-4-11-9(14)8-7(6)1-2-12(8)5-13/h1-2,4,13H,5H2,(H,11,14). The Morgan fingerprint density at radius 2 is 2.43 bits per heavy atom. The number of nitrogens with zero attached hydrogens (tertiary/aromatic N) is 2.